The predicted molar refractivity (Wildman–Crippen MR) is 102 cm³/mol. The molecule has 1 atom stereocenters. The minimum absolute atomic E-state index is 0.151. The lowest BCUT2D eigenvalue weighted by Crippen LogP contribution is -2.32. The van der Waals surface area contributed by atoms with Gasteiger partial charge in [0.2, 0.25) is 0 Å². The maximum absolute atomic E-state index is 12.8. The molecule has 1 aliphatic heterocycles. The molecule has 3 rings (SSSR count). The number of amides is 1. The first kappa shape index (κ1) is 19.5. The Hall–Kier alpha value is -2.25. The maximum Gasteiger partial charge on any atom is 0.254 e. The second-order valence-electron chi connectivity index (χ2n) is 6.23. The van der Waals surface area contributed by atoms with Crippen LogP contribution in [0.3, 0.4) is 0 Å². The molecule has 144 valence electrons. The zero-order valence-electron chi connectivity index (χ0n) is 15.0. The molecule has 0 saturated carbocycles. The van der Waals surface area contributed by atoms with E-state index in [0.717, 1.165) is 0 Å². The fourth-order valence-electron chi connectivity index (χ4n) is 3.13. The summed E-state index contributed by atoms with van der Waals surface area (Å²) in [5.74, 6) is 0.747. The number of sulfone groups is 1. The monoisotopic (exact) mass is 409 g/mol. The van der Waals surface area contributed by atoms with Crippen LogP contribution in [0.1, 0.15) is 16.8 Å². The van der Waals surface area contributed by atoms with Crippen molar-refractivity contribution in [3.05, 3.63) is 53.1 Å². The van der Waals surface area contributed by atoms with Crippen LogP contribution in [0.25, 0.3) is 0 Å². The van der Waals surface area contributed by atoms with Gasteiger partial charge in [-0.15, -0.1) is 0 Å². The third kappa shape index (κ3) is 3.89. The van der Waals surface area contributed by atoms with Gasteiger partial charge in [-0.3, -0.25) is 4.79 Å². The van der Waals surface area contributed by atoms with Gasteiger partial charge in [-0.25, -0.2) is 8.42 Å². The first-order valence-electron chi connectivity index (χ1n) is 8.37. The van der Waals surface area contributed by atoms with Gasteiger partial charge in [0.05, 0.1) is 24.4 Å². The third-order valence-corrected chi connectivity index (χ3v) is 7.09. The number of ether oxygens (including phenoxy) is 2. The Morgan fingerprint density at radius 2 is 1.74 bits per heavy atom. The number of likely N-dealkylation sites (tertiary alicyclic amines) is 1. The molecule has 1 unspecified atom stereocenters. The van der Waals surface area contributed by atoms with Crippen molar-refractivity contribution >= 4 is 27.3 Å². The molecule has 2 aromatic carbocycles. The summed E-state index contributed by atoms with van der Waals surface area (Å²) < 4.78 is 36.0. The Labute approximate surface area is 163 Å². The first-order valence-corrected chi connectivity index (χ1v) is 10.3. The van der Waals surface area contributed by atoms with Crippen LogP contribution in [0.5, 0.6) is 11.5 Å². The van der Waals surface area contributed by atoms with Crippen molar-refractivity contribution in [3.63, 3.8) is 0 Å². The molecule has 1 saturated heterocycles. The van der Waals surface area contributed by atoms with Crippen LogP contribution in [-0.2, 0) is 9.84 Å². The highest BCUT2D eigenvalue weighted by atomic mass is 35.5. The Kier molecular flexibility index (Phi) is 5.62. The molecule has 0 spiro atoms. The van der Waals surface area contributed by atoms with Crippen LogP contribution in [0.4, 0.5) is 0 Å². The predicted octanol–water partition coefficient (Wildman–Crippen LogP) is 3.05. The number of carbonyl (C=O) groups excluding carboxylic acids is 1. The van der Waals surface area contributed by atoms with Gasteiger partial charge in [-0.2, -0.15) is 0 Å². The van der Waals surface area contributed by atoms with Crippen molar-refractivity contribution in [2.24, 2.45) is 0 Å². The second-order valence-corrected chi connectivity index (χ2v) is 8.90. The van der Waals surface area contributed by atoms with Gasteiger partial charge in [-0.1, -0.05) is 11.6 Å². The summed E-state index contributed by atoms with van der Waals surface area (Å²) in [4.78, 5) is 14.6. The minimum atomic E-state index is -3.52. The van der Waals surface area contributed by atoms with E-state index in [4.69, 9.17) is 21.1 Å². The lowest BCUT2D eigenvalue weighted by atomic mass is 10.2. The molecule has 0 radical (unpaired) electrons. The molecular formula is C19H20ClNO5S. The van der Waals surface area contributed by atoms with Crippen molar-refractivity contribution in [1.82, 2.24) is 4.90 Å². The van der Waals surface area contributed by atoms with E-state index in [-0.39, 0.29) is 17.3 Å². The van der Waals surface area contributed by atoms with E-state index < -0.39 is 15.1 Å². The molecule has 0 aliphatic carbocycles. The number of carbonyl (C=O) groups is 1. The number of benzene rings is 2. The zero-order valence-corrected chi connectivity index (χ0v) is 16.6. The summed E-state index contributed by atoms with van der Waals surface area (Å²) in [5, 5.41) is -0.159. The van der Waals surface area contributed by atoms with Gasteiger partial charge in [0.1, 0.15) is 0 Å². The number of hydrogen-bond acceptors (Lipinski definition) is 5. The van der Waals surface area contributed by atoms with Gasteiger partial charge in [0.25, 0.3) is 5.91 Å². The SMILES string of the molecule is COc1ccc(C(=O)N2CCC(S(=O)(=O)c3ccc(Cl)cc3)C2)cc1OC. The summed E-state index contributed by atoms with van der Waals surface area (Å²) in [6.45, 7) is 0.531. The van der Waals surface area contributed by atoms with E-state index >= 15 is 0 Å². The lowest BCUT2D eigenvalue weighted by Gasteiger charge is -2.18. The molecule has 2 aromatic rings. The Morgan fingerprint density at radius 3 is 2.37 bits per heavy atom. The molecule has 1 fully saturated rings. The van der Waals surface area contributed by atoms with Gasteiger partial charge in [0, 0.05) is 23.7 Å². The number of halogens is 1. The van der Waals surface area contributed by atoms with E-state index in [9.17, 15) is 13.2 Å². The average molecular weight is 410 g/mol. The third-order valence-electron chi connectivity index (χ3n) is 4.64. The number of methoxy groups -OCH3 is 2. The first-order chi connectivity index (χ1) is 12.9. The molecule has 1 amide bonds. The molecule has 0 bridgehead atoms. The molecule has 1 aliphatic rings. The van der Waals surface area contributed by atoms with Crippen molar-refractivity contribution in [2.45, 2.75) is 16.6 Å². The van der Waals surface area contributed by atoms with Crippen molar-refractivity contribution in [2.75, 3.05) is 27.3 Å². The zero-order chi connectivity index (χ0) is 19.6. The van der Waals surface area contributed by atoms with Crippen molar-refractivity contribution in [3.8, 4) is 11.5 Å². The smallest absolute Gasteiger partial charge is 0.254 e. The normalized spacial score (nSPS) is 17.0. The van der Waals surface area contributed by atoms with Gasteiger partial charge < -0.3 is 14.4 Å². The molecule has 0 N–H and O–H groups in total. The molecule has 27 heavy (non-hydrogen) atoms. The number of hydrogen-bond donors (Lipinski definition) is 0. The summed E-state index contributed by atoms with van der Waals surface area (Å²) in [6.07, 6.45) is 0.393. The summed E-state index contributed by atoms with van der Waals surface area (Å²) >= 11 is 5.83. The summed E-state index contributed by atoms with van der Waals surface area (Å²) in [5.41, 5.74) is 0.428. The van der Waals surface area contributed by atoms with Crippen molar-refractivity contribution < 1.29 is 22.7 Å². The average Bonchev–Trinajstić information content (AvgIpc) is 3.18. The number of rotatable bonds is 5. The topological polar surface area (TPSA) is 72.9 Å². The van der Waals surface area contributed by atoms with Gasteiger partial charge >= 0.3 is 0 Å². The molecule has 1 heterocycles. The van der Waals surface area contributed by atoms with Crippen LogP contribution in [0.2, 0.25) is 5.02 Å². The largest absolute Gasteiger partial charge is 0.493 e. The van der Waals surface area contributed by atoms with E-state index in [2.05, 4.69) is 0 Å². The highest BCUT2D eigenvalue weighted by molar-refractivity contribution is 7.92. The van der Waals surface area contributed by atoms with Crippen LogP contribution in [0.15, 0.2) is 47.4 Å². The van der Waals surface area contributed by atoms with Gasteiger partial charge in [-0.05, 0) is 48.9 Å². The van der Waals surface area contributed by atoms with Crippen LogP contribution in [0, 0.1) is 0 Å². The van der Waals surface area contributed by atoms with Crippen LogP contribution < -0.4 is 9.47 Å². The fraction of sp³-hybridized carbons (Fsp3) is 0.316. The Bertz CT molecular complexity index is 943. The molecular weight excluding hydrogens is 390 g/mol. The highest BCUT2D eigenvalue weighted by Gasteiger charge is 2.36. The minimum Gasteiger partial charge on any atom is -0.493 e. The Morgan fingerprint density at radius 1 is 1.07 bits per heavy atom. The number of nitrogens with zero attached hydrogens (tertiary/aromatic N) is 1. The fourth-order valence-corrected chi connectivity index (χ4v) is 4.95. The maximum atomic E-state index is 12.8. The van der Waals surface area contributed by atoms with Gasteiger partial charge in [0.15, 0.2) is 21.3 Å². The second kappa shape index (κ2) is 7.78. The summed E-state index contributed by atoms with van der Waals surface area (Å²) in [6, 6.07) is 11.0. The van der Waals surface area contributed by atoms with Crippen molar-refractivity contribution in [1.29, 1.82) is 0 Å². The van der Waals surface area contributed by atoms with Crippen LogP contribution in [-0.4, -0.2) is 51.8 Å². The van der Waals surface area contributed by atoms with E-state index in [1.165, 1.54) is 26.4 Å². The van der Waals surface area contributed by atoms with E-state index in [1.54, 1.807) is 35.2 Å². The highest BCUT2D eigenvalue weighted by Crippen LogP contribution is 2.30. The summed E-state index contributed by atoms with van der Waals surface area (Å²) in [7, 11) is -0.508. The van der Waals surface area contributed by atoms with E-state index in [0.29, 0.717) is 35.1 Å². The molecule has 8 heteroatoms. The standard InChI is InChI=1S/C19H20ClNO5S/c1-25-17-8-3-13(11-18(17)26-2)19(22)21-10-9-16(12-21)27(23,24)15-6-4-14(20)5-7-15/h3-8,11,16H,9-10,12H2,1-2H3. The molecule has 0 aromatic heterocycles. The molecule has 6 nitrogen and oxygen atoms in total. The lowest BCUT2D eigenvalue weighted by molar-refractivity contribution is 0.0792. The Balaban J connectivity index is 1.77. The quantitative estimate of drug-likeness (QED) is 0.758. The van der Waals surface area contributed by atoms with Crippen LogP contribution >= 0.6 is 11.6 Å². The van der Waals surface area contributed by atoms with E-state index in [1.807, 2.05) is 0 Å².